The molecule has 0 spiro atoms. The SMILES string of the molecule is C#Cc1ccc(CN(CCOC(=O)O[C@H]2C[C@H](n3cc(C)c(=O)[nH]c3=O)O[C@@H]2CO[Si](c2ccccc2)(c2ccccc2)C(C)(C)C)CC2CCCCN2C(=O)OC(C)(C)C)cc1. The first kappa shape index (κ1) is 47.0. The molecule has 63 heavy (non-hydrogen) atoms. The molecule has 0 bridgehead atoms. The second-order valence-corrected chi connectivity index (χ2v) is 22.8. The number of hydrogen-bond acceptors (Lipinski definition) is 10. The van der Waals surface area contributed by atoms with Crippen molar-refractivity contribution in [3.63, 3.8) is 0 Å². The van der Waals surface area contributed by atoms with E-state index in [1.54, 1.807) is 6.92 Å². The number of H-pyrrole nitrogens is 1. The third-order valence-electron chi connectivity index (χ3n) is 11.6. The molecule has 3 aromatic carbocycles. The number of aryl methyl sites for hydroxylation is 1. The van der Waals surface area contributed by atoms with Gasteiger partial charge in [0.05, 0.1) is 6.61 Å². The summed E-state index contributed by atoms with van der Waals surface area (Å²) in [6, 6.07) is 28.0. The van der Waals surface area contributed by atoms with Crippen molar-refractivity contribution in [2.75, 3.05) is 32.8 Å². The van der Waals surface area contributed by atoms with Gasteiger partial charge in [-0.2, -0.15) is 0 Å². The summed E-state index contributed by atoms with van der Waals surface area (Å²) < 4.78 is 32.7. The van der Waals surface area contributed by atoms with Gasteiger partial charge >= 0.3 is 17.9 Å². The fourth-order valence-electron chi connectivity index (χ4n) is 8.58. The molecular formula is C49H62N4O9Si. The van der Waals surface area contributed by atoms with E-state index in [0.29, 0.717) is 31.7 Å². The Morgan fingerprint density at radius 2 is 1.59 bits per heavy atom. The lowest BCUT2D eigenvalue weighted by atomic mass is 10.0. The van der Waals surface area contributed by atoms with Gasteiger partial charge in [0.25, 0.3) is 13.9 Å². The number of hydrogen-bond donors (Lipinski definition) is 1. The van der Waals surface area contributed by atoms with Crippen molar-refractivity contribution in [3.8, 4) is 12.3 Å². The zero-order valence-corrected chi connectivity index (χ0v) is 38.6. The van der Waals surface area contributed by atoms with E-state index < -0.39 is 49.8 Å². The predicted octanol–water partition coefficient (Wildman–Crippen LogP) is 6.50. The molecule has 2 aliphatic rings. The molecule has 1 unspecified atom stereocenters. The molecule has 2 fully saturated rings. The number of aromatic amines is 1. The van der Waals surface area contributed by atoms with E-state index >= 15 is 0 Å². The first-order valence-corrected chi connectivity index (χ1v) is 23.7. The number of likely N-dealkylation sites (tertiary alicyclic amines) is 1. The van der Waals surface area contributed by atoms with E-state index in [1.807, 2.05) is 86.3 Å². The number of piperidine rings is 1. The Hall–Kier alpha value is -5.46. The van der Waals surface area contributed by atoms with Gasteiger partial charge in [-0.3, -0.25) is 19.2 Å². The van der Waals surface area contributed by atoms with E-state index in [-0.39, 0.29) is 36.8 Å². The molecule has 2 saturated heterocycles. The van der Waals surface area contributed by atoms with E-state index in [1.165, 1.54) is 10.8 Å². The van der Waals surface area contributed by atoms with Gasteiger partial charge in [-0.25, -0.2) is 14.4 Å². The van der Waals surface area contributed by atoms with E-state index in [9.17, 15) is 19.2 Å². The summed E-state index contributed by atoms with van der Waals surface area (Å²) in [5, 5.41) is 1.80. The minimum Gasteiger partial charge on any atom is -0.444 e. The quantitative estimate of drug-likeness (QED) is 0.0848. The van der Waals surface area contributed by atoms with Gasteiger partial charge in [-0.05, 0) is 80.1 Å². The van der Waals surface area contributed by atoms with Crippen LogP contribution in [-0.4, -0.2) is 96.6 Å². The summed E-state index contributed by atoms with van der Waals surface area (Å²) in [5.41, 5.74) is 0.369. The number of amides is 1. The van der Waals surface area contributed by atoms with Crippen LogP contribution >= 0.6 is 0 Å². The largest absolute Gasteiger partial charge is 0.508 e. The molecule has 13 nitrogen and oxygen atoms in total. The highest BCUT2D eigenvalue weighted by Crippen LogP contribution is 2.38. The maximum atomic E-state index is 13.7. The highest BCUT2D eigenvalue weighted by Gasteiger charge is 2.52. The lowest BCUT2D eigenvalue weighted by Gasteiger charge is -2.43. The van der Waals surface area contributed by atoms with Crippen molar-refractivity contribution >= 4 is 30.9 Å². The summed E-state index contributed by atoms with van der Waals surface area (Å²) in [4.78, 5) is 58.7. The lowest BCUT2D eigenvalue weighted by molar-refractivity contribution is -0.0554. The summed E-state index contributed by atoms with van der Waals surface area (Å²) in [7, 11) is -3.04. The van der Waals surface area contributed by atoms with Gasteiger partial charge in [-0.1, -0.05) is 99.5 Å². The van der Waals surface area contributed by atoms with E-state index in [2.05, 4.69) is 60.8 Å². The number of terminal acetylenes is 1. The number of carbonyl (C=O) groups is 2. The molecule has 0 aliphatic carbocycles. The monoisotopic (exact) mass is 878 g/mol. The Bertz CT molecular complexity index is 2270. The molecule has 0 radical (unpaired) electrons. The third kappa shape index (κ3) is 11.8. The Morgan fingerprint density at radius 1 is 0.937 bits per heavy atom. The first-order chi connectivity index (χ1) is 30.0. The summed E-state index contributed by atoms with van der Waals surface area (Å²) >= 11 is 0. The van der Waals surface area contributed by atoms with Crippen LogP contribution in [0.15, 0.2) is 101 Å². The molecule has 1 amide bonds. The predicted molar refractivity (Wildman–Crippen MR) is 245 cm³/mol. The van der Waals surface area contributed by atoms with Crippen molar-refractivity contribution in [2.24, 2.45) is 0 Å². The average molecular weight is 879 g/mol. The molecule has 1 aromatic heterocycles. The third-order valence-corrected chi connectivity index (χ3v) is 16.6. The van der Waals surface area contributed by atoms with Gasteiger partial charge in [0, 0.05) is 56.0 Å². The minimum absolute atomic E-state index is 0.000753. The van der Waals surface area contributed by atoms with Gasteiger partial charge in [0.15, 0.2) is 0 Å². The Labute approximate surface area is 371 Å². The van der Waals surface area contributed by atoms with Crippen molar-refractivity contribution in [3.05, 3.63) is 129 Å². The smallest absolute Gasteiger partial charge is 0.444 e. The summed E-state index contributed by atoms with van der Waals surface area (Å²) in [6.07, 6.45) is 6.11. The summed E-state index contributed by atoms with van der Waals surface area (Å²) in [6.45, 7) is 15.7. The molecular weight excluding hydrogens is 817 g/mol. The molecule has 2 aliphatic heterocycles. The molecule has 0 saturated carbocycles. The Kier molecular flexibility index (Phi) is 15.2. The number of rotatable bonds is 14. The molecule has 1 N–H and O–H groups in total. The molecule has 3 heterocycles. The van der Waals surface area contributed by atoms with Crippen LogP contribution in [0.5, 0.6) is 0 Å². The van der Waals surface area contributed by atoms with Crippen LogP contribution in [0.25, 0.3) is 0 Å². The number of nitrogens with zero attached hydrogens (tertiary/aromatic N) is 3. The van der Waals surface area contributed by atoms with Gasteiger partial charge in [0.2, 0.25) is 0 Å². The highest BCUT2D eigenvalue weighted by atomic mass is 28.4. The van der Waals surface area contributed by atoms with Crippen LogP contribution in [0.1, 0.15) is 90.1 Å². The number of nitrogens with one attached hydrogen (secondary N) is 1. The van der Waals surface area contributed by atoms with Crippen molar-refractivity contribution < 1.29 is 33.0 Å². The molecule has 4 aromatic rings. The van der Waals surface area contributed by atoms with Crippen LogP contribution in [0.3, 0.4) is 0 Å². The molecule has 4 atom stereocenters. The van der Waals surface area contributed by atoms with Crippen molar-refractivity contribution in [2.45, 2.75) is 116 Å². The lowest BCUT2D eigenvalue weighted by Crippen LogP contribution is -2.67. The summed E-state index contributed by atoms with van der Waals surface area (Å²) in [5.74, 6) is 2.66. The number of ether oxygens (including phenoxy) is 4. The maximum absolute atomic E-state index is 13.7. The van der Waals surface area contributed by atoms with E-state index in [0.717, 1.165) is 40.8 Å². The highest BCUT2D eigenvalue weighted by molar-refractivity contribution is 6.99. The zero-order valence-electron chi connectivity index (χ0n) is 37.6. The first-order valence-electron chi connectivity index (χ1n) is 21.8. The molecule has 14 heteroatoms. The topological polar surface area (TPSA) is 142 Å². The van der Waals surface area contributed by atoms with Gasteiger partial charge < -0.3 is 28.3 Å². The minimum atomic E-state index is -3.04. The number of carbonyl (C=O) groups excluding carboxylic acids is 2. The van der Waals surface area contributed by atoms with Crippen LogP contribution < -0.4 is 21.6 Å². The normalized spacial score (nSPS) is 19.4. The Balaban J connectivity index is 1.21. The van der Waals surface area contributed by atoms with Crippen LogP contribution in [0.4, 0.5) is 9.59 Å². The van der Waals surface area contributed by atoms with Crippen LogP contribution in [-0.2, 0) is 29.9 Å². The van der Waals surface area contributed by atoms with Crippen molar-refractivity contribution in [1.82, 2.24) is 19.4 Å². The zero-order chi connectivity index (χ0) is 45.4. The van der Waals surface area contributed by atoms with Crippen LogP contribution in [0.2, 0.25) is 5.04 Å². The van der Waals surface area contributed by atoms with Crippen molar-refractivity contribution in [1.29, 1.82) is 0 Å². The fourth-order valence-corrected chi connectivity index (χ4v) is 13.1. The second-order valence-electron chi connectivity index (χ2n) is 18.5. The standard InChI is InChI=1S/C49H62N4O9Si/c1-9-36-23-25-37(26-24-36)32-51(33-38-18-16-17-27-52(38)46(56)62-48(3,4)5)28-29-58-47(57)61-41-30-43(53-31-35(2)44(54)50-45(53)55)60-42(41)34-59-63(49(6,7)8,39-19-12-10-13-20-39)40-21-14-11-15-22-40/h1,10-15,19-26,31,38,41-43H,16-18,27-30,32-34H2,2-8H3,(H,50,54,55)/t38?,41-,42+,43+/m0/s1. The second kappa shape index (κ2) is 20.4. The number of aromatic nitrogens is 2. The fraction of sp³-hybridized carbons (Fsp3) is 0.469. The maximum Gasteiger partial charge on any atom is 0.508 e. The molecule has 6 rings (SSSR count). The van der Waals surface area contributed by atoms with Gasteiger partial charge in [-0.15, -0.1) is 6.42 Å². The van der Waals surface area contributed by atoms with E-state index in [4.69, 9.17) is 29.8 Å². The average Bonchev–Trinajstić information content (AvgIpc) is 3.64. The van der Waals surface area contributed by atoms with Crippen LogP contribution in [0, 0.1) is 19.3 Å². The van der Waals surface area contributed by atoms with Gasteiger partial charge in [0.1, 0.15) is 30.6 Å². The Morgan fingerprint density at radius 3 is 2.19 bits per heavy atom. The number of benzene rings is 3. The molecule has 336 valence electrons.